The van der Waals surface area contributed by atoms with E-state index in [1.807, 2.05) is 0 Å². The van der Waals surface area contributed by atoms with Crippen LogP contribution in [-0.4, -0.2) is 8.42 Å². The quantitative estimate of drug-likeness (QED) is 0.673. The van der Waals surface area contributed by atoms with E-state index in [1.54, 1.807) is 0 Å². The minimum absolute atomic E-state index is 0.293. The fourth-order valence-corrected chi connectivity index (χ4v) is 0.938. The zero-order valence-corrected chi connectivity index (χ0v) is 11.2. The molecular formula is C10H14Cl2O2S. The van der Waals surface area contributed by atoms with Crippen molar-refractivity contribution < 1.29 is 8.42 Å². The standard InChI is InChI=1S/C10H14.Cl2O2S/c1-10(2,3)9-7-5-4-6-8-9;1-5(2,3)4/h4-8H,1-3H3;. The lowest BCUT2D eigenvalue weighted by Gasteiger charge is -2.18. The summed E-state index contributed by atoms with van der Waals surface area (Å²) in [4.78, 5) is 0. The molecule has 0 spiro atoms. The third-order valence-electron chi connectivity index (χ3n) is 1.64. The number of benzene rings is 1. The van der Waals surface area contributed by atoms with Crippen molar-refractivity contribution in [2.45, 2.75) is 26.2 Å². The van der Waals surface area contributed by atoms with Crippen LogP contribution in [0.2, 0.25) is 0 Å². The van der Waals surface area contributed by atoms with Gasteiger partial charge in [-0.25, -0.2) is 0 Å². The number of hydrogen-bond acceptors (Lipinski definition) is 2. The molecule has 0 aliphatic carbocycles. The molecule has 0 aromatic heterocycles. The molecule has 5 heteroatoms. The molecule has 0 radical (unpaired) electrons. The van der Waals surface area contributed by atoms with Gasteiger partial charge in [0.15, 0.2) is 0 Å². The average Bonchev–Trinajstić information content (AvgIpc) is 2.01. The van der Waals surface area contributed by atoms with Gasteiger partial charge in [-0.15, -0.1) is 0 Å². The molecule has 0 aliphatic rings. The van der Waals surface area contributed by atoms with E-state index in [4.69, 9.17) is 8.42 Å². The lowest BCUT2D eigenvalue weighted by Crippen LogP contribution is -2.10. The lowest BCUT2D eigenvalue weighted by atomic mass is 9.87. The molecule has 86 valence electrons. The Morgan fingerprint density at radius 3 is 1.53 bits per heavy atom. The first-order valence-electron chi connectivity index (χ1n) is 4.30. The molecule has 0 aliphatic heterocycles. The van der Waals surface area contributed by atoms with Gasteiger partial charge >= 0.3 is 8.26 Å². The summed E-state index contributed by atoms with van der Waals surface area (Å²) < 4.78 is 18.3. The number of hydrogen-bond donors (Lipinski definition) is 0. The van der Waals surface area contributed by atoms with Crippen LogP contribution in [0.25, 0.3) is 0 Å². The van der Waals surface area contributed by atoms with Crippen LogP contribution < -0.4 is 0 Å². The molecule has 0 saturated heterocycles. The van der Waals surface area contributed by atoms with Crippen molar-refractivity contribution in [2.75, 3.05) is 0 Å². The van der Waals surface area contributed by atoms with Crippen molar-refractivity contribution in [1.82, 2.24) is 0 Å². The van der Waals surface area contributed by atoms with Gasteiger partial charge in [0.25, 0.3) is 0 Å². The SMILES string of the molecule is CC(C)(C)c1ccccc1.O=S(=O)(Cl)Cl. The van der Waals surface area contributed by atoms with E-state index in [0.717, 1.165) is 0 Å². The third-order valence-corrected chi connectivity index (χ3v) is 1.64. The van der Waals surface area contributed by atoms with Gasteiger partial charge < -0.3 is 0 Å². The topological polar surface area (TPSA) is 34.1 Å². The van der Waals surface area contributed by atoms with Crippen molar-refractivity contribution in [3.63, 3.8) is 0 Å². The fraction of sp³-hybridized carbons (Fsp3) is 0.400. The fourth-order valence-electron chi connectivity index (χ4n) is 0.938. The van der Waals surface area contributed by atoms with Gasteiger partial charge in [0.2, 0.25) is 0 Å². The second-order valence-electron chi connectivity index (χ2n) is 3.99. The summed E-state index contributed by atoms with van der Waals surface area (Å²) in [5.74, 6) is 0. The van der Waals surface area contributed by atoms with Crippen LogP contribution >= 0.6 is 21.4 Å². The molecule has 0 heterocycles. The zero-order chi connectivity index (χ0) is 12.1. The maximum Gasteiger partial charge on any atom is 0.317 e. The van der Waals surface area contributed by atoms with Gasteiger partial charge in [-0.2, -0.15) is 8.42 Å². The van der Waals surface area contributed by atoms with E-state index in [1.165, 1.54) is 5.56 Å². The molecule has 0 atom stereocenters. The Bertz CT molecular complexity index is 372. The Kier molecular flexibility index (Phi) is 5.63. The van der Waals surface area contributed by atoms with Gasteiger partial charge in [-0.3, -0.25) is 0 Å². The predicted octanol–water partition coefficient (Wildman–Crippen LogP) is 3.69. The highest BCUT2D eigenvalue weighted by Gasteiger charge is 2.11. The van der Waals surface area contributed by atoms with E-state index >= 15 is 0 Å². The summed E-state index contributed by atoms with van der Waals surface area (Å²) in [5.41, 5.74) is 1.69. The van der Waals surface area contributed by atoms with Crippen LogP contribution in [0, 0.1) is 0 Å². The van der Waals surface area contributed by atoms with Crippen molar-refractivity contribution in [3.05, 3.63) is 35.9 Å². The summed E-state index contributed by atoms with van der Waals surface area (Å²) in [6.45, 7) is 6.67. The Balaban J connectivity index is 0.000000336. The van der Waals surface area contributed by atoms with E-state index < -0.39 is 8.26 Å². The largest absolute Gasteiger partial charge is 0.317 e. The average molecular weight is 269 g/mol. The molecule has 0 bridgehead atoms. The molecule has 0 saturated carbocycles. The molecule has 1 rings (SSSR count). The molecule has 0 unspecified atom stereocenters. The molecule has 0 fully saturated rings. The number of rotatable bonds is 0. The highest BCUT2D eigenvalue weighted by Crippen LogP contribution is 2.20. The van der Waals surface area contributed by atoms with Crippen LogP contribution in [-0.2, 0) is 13.7 Å². The van der Waals surface area contributed by atoms with Gasteiger partial charge in [-0.05, 0) is 11.0 Å². The molecule has 1 aromatic carbocycles. The Morgan fingerprint density at radius 1 is 1.00 bits per heavy atom. The third kappa shape index (κ3) is 10.0. The van der Waals surface area contributed by atoms with Crippen LogP contribution in [0.3, 0.4) is 0 Å². The van der Waals surface area contributed by atoms with Gasteiger partial charge in [0.1, 0.15) is 0 Å². The molecule has 0 N–H and O–H groups in total. The normalized spacial score (nSPS) is 11.5. The van der Waals surface area contributed by atoms with Gasteiger partial charge in [0, 0.05) is 21.4 Å². The van der Waals surface area contributed by atoms with Gasteiger partial charge in [0.05, 0.1) is 0 Å². The van der Waals surface area contributed by atoms with Crippen molar-refractivity contribution in [2.24, 2.45) is 0 Å². The highest BCUT2D eigenvalue weighted by molar-refractivity contribution is 8.31. The minimum atomic E-state index is -3.72. The first-order valence-corrected chi connectivity index (χ1v) is 7.44. The first kappa shape index (κ1) is 14.8. The maximum absolute atomic E-state index is 9.16. The molecular weight excluding hydrogens is 255 g/mol. The second-order valence-corrected chi connectivity index (χ2v) is 7.66. The summed E-state index contributed by atoms with van der Waals surface area (Å²) in [6.07, 6.45) is 0. The van der Waals surface area contributed by atoms with Crippen LogP contribution in [0.1, 0.15) is 26.3 Å². The monoisotopic (exact) mass is 268 g/mol. The first-order chi connectivity index (χ1) is 6.61. The van der Waals surface area contributed by atoms with E-state index in [2.05, 4.69) is 72.5 Å². The summed E-state index contributed by atoms with van der Waals surface area (Å²) in [6, 6.07) is 10.6. The van der Waals surface area contributed by atoms with Crippen LogP contribution in [0.5, 0.6) is 0 Å². The molecule has 2 nitrogen and oxygen atoms in total. The Labute approximate surface area is 100 Å². The second kappa shape index (κ2) is 5.73. The molecule has 0 amide bonds. The van der Waals surface area contributed by atoms with Crippen molar-refractivity contribution in [3.8, 4) is 0 Å². The Hall–Kier alpha value is -0.250. The predicted molar refractivity (Wildman–Crippen MR) is 65.8 cm³/mol. The van der Waals surface area contributed by atoms with Crippen molar-refractivity contribution in [1.29, 1.82) is 0 Å². The smallest absolute Gasteiger partial charge is 0.195 e. The summed E-state index contributed by atoms with van der Waals surface area (Å²) in [7, 11) is 4.81. The van der Waals surface area contributed by atoms with Crippen LogP contribution in [0.15, 0.2) is 30.3 Å². The van der Waals surface area contributed by atoms with Crippen molar-refractivity contribution >= 4 is 29.6 Å². The lowest BCUT2D eigenvalue weighted by molar-refractivity contribution is 0.590. The summed E-state index contributed by atoms with van der Waals surface area (Å²) >= 11 is 0. The van der Waals surface area contributed by atoms with Gasteiger partial charge in [-0.1, -0.05) is 51.1 Å². The highest BCUT2D eigenvalue weighted by atomic mass is 36.0. The maximum atomic E-state index is 9.16. The van der Waals surface area contributed by atoms with E-state index in [9.17, 15) is 0 Å². The van der Waals surface area contributed by atoms with E-state index in [-0.39, 0.29) is 0 Å². The Morgan fingerprint density at radius 2 is 1.33 bits per heavy atom. The summed E-state index contributed by atoms with van der Waals surface area (Å²) in [5, 5.41) is 0. The molecule has 1 aromatic rings. The number of halogens is 2. The minimum Gasteiger partial charge on any atom is -0.195 e. The zero-order valence-electron chi connectivity index (χ0n) is 8.87. The van der Waals surface area contributed by atoms with Crippen LogP contribution in [0.4, 0.5) is 0 Å². The van der Waals surface area contributed by atoms with E-state index in [0.29, 0.717) is 5.41 Å². The molecule has 15 heavy (non-hydrogen) atoms.